The summed E-state index contributed by atoms with van der Waals surface area (Å²) in [5.74, 6) is -3.38. The lowest BCUT2D eigenvalue weighted by atomic mass is 9.67. The van der Waals surface area contributed by atoms with Crippen LogP contribution in [0.5, 0.6) is 0 Å². The Bertz CT molecular complexity index is 198. The first-order valence-electron chi connectivity index (χ1n) is 5.22. The van der Waals surface area contributed by atoms with Crippen LogP contribution < -0.4 is 0 Å². The lowest BCUT2D eigenvalue weighted by molar-refractivity contribution is -0.234. The quantitative estimate of drug-likeness (QED) is 0.596. The highest BCUT2D eigenvalue weighted by atomic mass is 19.3. The third kappa shape index (κ3) is 2.13. The van der Waals surface area contributed by atoms with E-state index >= 15 is 0 Å². The molecule has 0 aliphatic rings. The molecule has 0 amide bonds. The molecule has 4 heteroatoms. The Morgan fingerprint density at radius 2 is 1.27 bits per heavy atom. The van der Waals surface area contributed by atoms with Crippen molar-refractivity contribution in [3.63, 3.8) is 0 Å². The van der Waals surface area contributed by atoms with Gasteiger partial charge in [-0.3, -0.25) is 0 Å². The van der Waals surface area contributed by atoms with E-state index in [0.717, 1.165) is 13.8 Å². The molecule has 0 saturated carbocycles. The van der Waals surface area contributed by atoms with Gasteiger partial charge in [0.15, 0.2) is 0 Å². The molecule has 0 spiro atoms. The van der Waals surface area contributed by atoms with Gasteiger partial charge >= 0.3 is 0 Å². The van der Waals surface area contributed by atoms with Gasteiger partial charge in [0.05, 0.1) is 5.41 Å². The molecule has 0 fully saturated rings. The fourth-order valence-electron chi connectivity index (χ4n) is 1.61. The topological polar surface area (TPSA) is 0 Å². The number of alkyl halides is 4. The molecule has 0 N–H and O–H groups in total. The van der Waals surface area contributed by atoms with Gasteiger partial charge in [0, 0.05) is 5.41 Å². The van der Waals surface area contributed by atoms with Crippen molar-refractivity contribution < 1.29 is 17.6 Å². The van der Waals surface area contributed by atoms with E-state index in [1.165, 1.54) is 6.92 Å². The number of hydrogen-bond donors (Lipinski definition) is 0. The molecule has 0 heterocycles. The third-order valence-electron chi connectivity index (χ3n) is 3.67. The molecule has 0 saturated heterocycles. The van der Waals surface area contributed by atoms with E-state index in [1.807, 2.05) is 0 Å². The van der Waals surface area contributed by atoms with Gasteiger partial charge < -0.3 is 0 Å². The first kappa shape index (κ1) is 14.7. The van der Waals surface area contributed by atoms with Crippen LogP contribution in [0.1, 0.15) is 47.5 Å². The summed E-state index contributed by atoms with van der Waals surface area (Å²) >= 11 is 0. The highest BCUT2D eigenvalue weighted by Gasteiger charge is 2.61. The maximum atomic E-state index is 14.0. The molecule has 92 valence electrons. The fourth-order valence-corrected chi connectivity index (χ4v) is 1.61. The van der Waals surface area contributed by atoms with Crippen molar-refractivity contribution in [3.05, 3.63) is 0 Å². The number of hydrogen-bond acceptors (Lipinski definition) is 0. The summed E-state index contributed by atoms with van der Waals surface area (Å²) < 4.78 is 53.3. The van der Waals surface area contributed by atoms with Crippen LogP contribution >= 0.6 is 0 Å². The van der Waals surface area contributed by atoms with Crippen LogP contribution in [0.2, 0.25) is 0 Å². The fraction of sp³-hybridized carbons (Fsp3) is 1.00. The van der Waals surface area contributed by atoms with Crippen molar-refractivity contribution in [2.24, 2.45) is 10.8 Å². The maximum absolute atomic E-state index is 14.0. The van der Waals surface area contributed by atoms with Crippen LogP contribution in [0.15, 0.2) is 0 Å². The normalized spacial score (nSPS) is 14.8. The van der Waals surface area contributed by atoms with Gasteiger partial charge in [0.2, 0.25) is 6.43 Å². The standard InChI is InChI=1S/C11H20F4/c1-6-10(5,7-2)11(14,15)9(3,4)8(12)13/h8H,6-7H2,1-5H3. The Labute approximate surface area is 89.1 Å². The first-order valence-corrected chi connectivity index (χ1v) is 5.22. The van der Waals surface area contributed by atoms with Gasteiger partial charge in [-0.15, -0.1) is 0 Å². The number of halogens is 4. The Balaban J connectivity index is 5.28. The Morgan fingerprint density at radius 3 is 1.47 bits per heavy atom. The second-order valence-electron chi connectivity index (χ2n) is 4.86. The zero-order valence-electron chi connectivity index (χ0n) is 10.0. The van der Waals surface area contributed by atoms with E-state index in [1.54, 1.807) is 13.8 Å². The SMILES string of the molecule is CCC(C)(CC)C(F)(F)C(C)(C)C(F)F. The molecule has 0 bridgehead atoms. The van der Waals surface area contributed by atoms with Crippen molar-refractivity contribution in [2.45, 2.75) is 59.8 Å². The van der Waals surface area contributed by atoms with E-state index in [4.69, 9.17) is 0 Å². The molecule has 0 atom stereocenters. The van der Waals surface area contributed by atoms with Crippen molar-refractivity contribution >= 4 is 0 Å². The van der Waals surface area contributed by atoms with E-state index < -0.39 is 23.2 Å². The summed E-state index contributed by atoms with van der Waals surface area (Å²) in [6, 6.07) is 0. The predicted octanol–water partition coefficient (Wildman–Crippen LogP) is 4.74. The monoisotopic (exact) mass is 228 g/mol. The first-order chi connectivity index (χ1) is 6.56. The lowest BCUT2D eigenvalue weighted by Crippen LogP contribution is -2.52. The molecule has 0 rings (SSSR count). The van der Waals surface area contributed by atoms with Gasteiger partial charge in [-0.1, -0.05) is 20.8 Å². The van der Waals surface area contributed by atoms with Crippen LogP contribution in [-0.4, -0.2) is 12.3 Å². The molecule has 0 aromatic rings. The molecule has 0 aliphatic carbocycles. The number of rotatable bonds is 5. The summed E-state index contributed by atoms with van der Waals surface area (Å²) in [6.07, 6.45) is -2.65. The zero-order valence-corrected chi connectivity index (χ0v) is 10.0. The third-order valence-corrected chi connectivity index (χ3v) is 3.67. The smallest absolute Gasteiger partial charge is 0.210 e. The summed E-state index contributed by atoms with van der Waals surface area (Å²) in [7, 11) is 0. The van der Waals surface area contributed by atoms with E-state index in [2.05, 4.69) is 0 Å². The molecule has 15 heavy (non-hydrogen) atoms. The Hall–Kier alpha value is -0.280. The second-order valence-corrected chi connectivity index (χ2v) is 4.86. The molecule has 0 aromatic heterocycles. The zero-order chi connectivity index (χ0) is 12.5. The molecule has 0 aromatic carbocycles. The largest absolute Gasteiger partial charge is 0.263 e. The lowest BCUT2D eigenvalue weighted by Gasteiger charge is -2.45. The Morgan fingerprint density at radius 1 is 0.933 bits per heavy atom. The van der Waals surface area contributed by atoms with Crippen LogP contribution in [0.25, 0.3) is 0 Å². The van der Waals surface area contributed by atoms with Gasteiger partial charge in [-0.2, -0.15) is 0 Å². The minimum Gasteiger partial charge on any atom is -0.210 e. The highest BCUT2D eigenvalue weighted by molar-refractivity contribution is 4.98. The molecular formula is C11H20F4. The maximum Gasteiger partial charge on any atom is 0.263 e. The minimum atomic E-state index is -3.38. The molecular weight excluding hydrogens is 208 g/mol. The van der Waals surface area contributed by atoms with Crippen LogP contribution in [0, 0.1) is 10.8 Å². The summed E-state index contributed by atoms with van der Waals surface area (Å²) in [5.41, 5.74) is -3.65. The highest BCUT2D eigenvalue weighted by Crippen LogP contribution is 2.54. The summed E-state index contributed by atoms with van der Waals surface area (Å²) in [4.78, 5) is 0. The molecule has 0 nitrogen and oxygen atoms in total. The summed E-state index contributed by atoms with van der Waals surface area (Å²) in [6.45, 7) is 6.46. The molecule has 0 unspecified atom stereocenters. The minimum absolute atomic E-state index is 0.187. The van der Waals surface area contributed by atoms with Crippen LogP contribution in [0.4, 0.5) is 17.6 Å². The van der Waals surface area contributed by atoms with E-state index in [9.17, 15) is 17.6 Å². The van der Waals surface area contributed by atoms with E-state index in [0.29, 0.717) is 0 Å². The second kappa shape index (κ2) is 4.30. The predicted molar refractivity (Wildman–Crippen MR) is 53.4 cm³/mol. The van der Waals surface area contributed by atoms with Gasteiger partial charge in [-0.25, -0.2) is 17.6 Å². The van der Waals surface area contributed by atoms with Crippen LogP contribution in [-0.2, 0) is 0 Å². The van der Waals surface area contributed by atoms with Gasteiger partial charge in [-0.05, 0) is 26.7 Å². The van der Waals surface area contributed by atoms with Crippen molar-refractivity contribution in [1.29, 1.82) is 0 Å². The van der Waals surface area contributed by atoms with Crippen molar-refractivity contribution in [1.82, 2.24) is 0 Å². The van der Waals surface area contributed by atoms with Crippen LogP contribution in [0.3, 0.4) is 0 Å². The average molecular weight is 228 g/mol. The van der Waals surface area contributed by atoms with Gasteiger partial charge in [0.25, 0.3) is 5.92 Å². The molecule has 0 aliphatic heterocycles. The summed E-state index contributed by atoms with van der Waals surface area (Å²) in [5, 5.41) is 0. The van der Waals surface area contributed by atoms with Crippen molar-refractivity contribution in [3.8, 4) is 0 Å². The van der Waals surface area contributed by atoms with Gasteiger partial charge in [0.1, 0.15) is 0 Å². The molecule has 0 radical (unpaired) electrons. The van der Waals surface area contributed by atoms with Crippen molar-refractivity contribution in [2.75, 3.05) is 0 Å². The van der Waals surface area contributed by atoms with E-state index in [-0.39, 0.29) is 12.8 Å². The average Bonchev–Trinajstić information content (AvgIpc) is 2.15. The Kier molecular flexibility index (Phi) is 4.22.